The number of nitrogens with zero attached hydrogens (tertiary/aromatic N) is 2. The quantitative estimate of drug-likeness (QED) is 0.801. The van der Waals surface area contributed by atoms with Gasteiger partial charge in [-0.3, -0.25) is 9.48 Å². The molecule has 1 heterocycles. The van der Waals surface area contributed by atoms with E-state index in [1.54, 1.807) is 0 Å². The van der Waals surface area contributed by atoms with Crippen LogP contribution >= 0.6 is 0 Å². The zero-order chi connectivity index (χ0) is 16.1. The molecule has 1 aromatic heterocycles. The van der Waals surface area contributed by atoms with Crippen LogP contribution in [0.15, 0.2) is 24.3 Å². The fourth-order valence-corrected chi connectivity index (χ4v) is 2.36. The number of amides is 1. The number of hydrogen-bond donors (Lipinski definition) is 2. The molecule has 0 aliphatic heterocycles. The van der Waals surface area contributed by atoms with Gasteiger partial charge in [-0.05, 0) is 32.9 Å². The second kappa shape index (κ2) is 7.22. The Labute approximate surface area is 131 Å². The summed E-state index contributed by atoms with van der Waals surface area (Å²) >= 11 is 0. The lowest BCUT2D eigenvalue weighted by Crippen LogP contribution is -2.31. The van der Waals surface area contributed by atoms with Crippen LogP contribution in [0.2, 0.25) is 0 Å². The van der Waals surface area contributed by atoms with Crippen molar-refractivity contribution >= 4 is 5.91 Å². The Bertz CT molecular complexity index is 643. The molecule has 0 aliphatic rings. The number of carbonyl (C=O) groups excluding carboxylic acids is 1. The molecule has 5 heteroatoms. The van der Waals surface area contributed by atoms with Crippen LogP contribution in [0.25, 0.3) is 0 Å². The summed E-state index contributed by atoms with van der Waals surface area (Å²) in [6.45, 7) is 8.19. The summed E-state index contributed by atoms with van der Waals surface area (Å²) in [6.07, 6.45) is 0. The molecule has 22 heavy (non-hydrogen) atoms. The Hall–Kier alpha value is -2.14. The Morgan fingerprint density at radius 2 is 1.82 bits per heavy atom. The summed E-state index contributed by atoms with van der Waals surface area (Å²) in [4.78, 5) is 11.9. The van der Waals surface area contributed by atoms with E-state index in [1.807, 2.05) is 49.8 Å². The number of benzene rings is 1. The first-order valence-corrected chi connectivity index (χ1v) is 7.53. The highest BCUT2D eigenvalue weighted by Gasteiger charge is 2.08. The fraction of sp³-hybridized carbons (Fsp3) is 0.412. The SMILES string of the molecule is Cc1ccc(C(=O)NCCNCc2c(C)nn(C)c2C)cc1. The van der Waals surface area contributed by atoms with E-state index >= 15 is 0 Å². The van der Waals surface area contributed by atoms with Crippen LogP contribution in [0, 0.1) is 20.8 Å². The van der Waals surface area contributed by atoms with Crippen molar-refractivity contribution in [2.75, 3.05) is 13.1 Å². The predicted octanol–water partition coefficient (Wildman–Crippen LogP) is 1.86. The summed E-state index contributed by atoms with van der Waals surface area (Å²) < 4.78 is 1.89. The lowest BCUT2D eigenvalue weighted by molar-refractivity contribution is 0.0954. The normalized spacial score (nSPS) is 10.7. The van der Waals surface area contributed by atoms with Crippen molar-refractivity contribution in [3.63, 3.8) is 0 Å². The summed E-state index contributed by atoms with van der Waals surface area (Å²) in [5.41, 5.74) is 5.31. The standard InChI is InChI=1S/C17H24N4O/c1-12-5-7-15(8-6-12)17(22)19-10-9-18-11-16-13(2)20-21(4)14(16)3/h5-8,18H,9-11H2,1-4H3,(H,19,22). The van der Waals surface area contributed by atoms with E-state index in [0.29, 0.717) is 12.1 Å². The first kappa shape index (κ1) is 16.2. The van der Waals surface area contributed by atoms with Crippen molar-refractivity contribution < 1.29 is 4.79 Å². The van der Waals surface area contributed by atoms with E-state index in [9.17, 15) is 4.79 Å². The molecular weight excluding hydrogens is 276 g/mol. The van der Waals surface area contributed by atoms with Gasteiger partial charge >= 0.3 is 0 Å². The van der Waals surface area contributed by atoms with Crippen LogP contribution in [0.5, 0.6) is 0 Å². The average molecular weight is 300 g/mol. The van der Waals surface area contributed by atoms with Gasteiger partial charge in [0.05, 0.1) is 5.69 Å². The predicted molar refractivity (Wildman–Crippen MR) is 87.9 cm³/mol. The van der Waals surface area contributed by atoms with Gasteiger partial charge in [-0.15, -0.1) is 0 Å². The van der Waals surface area contributed by atoms with E-state index in [1.165, 1.54) is 11.3 Å². The van der Waals surface area contributed by atoms with Gasteiger partial charge < -0.3 is 10.6 Å². The van der Waals surface area contributed by atoms with E-state index in [-0.39, 0.29) is 5.91 Å². The average Bonchev–Trinajstić information content (AvgIpc) is 2.73. The summed E-state index contributed by atoms with van der Waals surface area (Å²) in [7, 11) is 1.95. The molecule has 0 fully saturated rings. The van der Waals surface area contributed by atoms with Gasteiger partial charge in [0.15, 0.2) is 0 Å². The van der Waals surface area contributed by atoms with E-state index in [0.717, 1.165) is 24.3 Å². The number of aromatic nitrogens is 2. The van der Waals surface area contributed by atoms with Crippen LogP contribution in [0.1, 0.15) is 32.9 Å². The van der Waals surface area contributed by atoms with E-state index in [4.69, 9.17) is 0 Å². The Kier molecular flexibility index (Phi) is 5.33. The molecule has 2 aromatic rings. The van der Waals surface area contributed by atoms with Crippen molar-refractivity contribution in [1.82, 2.24) is 20.4 Å². The highest BCUT2D eigenvalue weighted by molar-refractivity contribution is 5.94. The van der Waals surface area contributed by atoms with Crippen molar-refractivity contribution in [1.29, 1.82) is 0 Å². The van der Waals surface area contributed by atoms with E-state index < -0.39 is 0 Å². The monoisotopic (exact) mass is 300 g/mol. The minimum Gasteiger partial charge on any atom is -0.351 e. The van der Waals surface area contributed by atoms with Crippen LogP contribution in [-0.4, -0.2) is 28.8 Å². The second-order valence-electron chi connectivity index (χ2n) is 5.57. The first-order chi connectivity index (χ1) is 10.5. The third kappa shape index (κ3) is 3.95. The van der Waals surface area contributed by atoms with Gasteiger partial charge in [0.2, 0.25) is 0 Å². The molecule has 0 spiro atoms. The van der Waals surface area contributed by atoms with Gasteiger partial charge in [0, 0.05) is 43.5 Å². The number of hydrogen-bond acceptors (Lipinski definition) is 3. The Morgan fingerprint density at radius 1 is 1.14 bits per heavy atom. The summed E-state index contributed by atoms with van der Waals surface area (Å²) in [6, 6.07) is 7.59. The topological polar surface area (TPSA) is 59.0 Å². The van der Waals surface area contributed by atoms with Crippen LogP contribution in [0.4, 0.5) is 0 Å². The molecule has 0 saturated heterocycles. The molecule has 1 aromatic carbocycles. The largest absolute Gasteiger partial charge is 0.351 e. The minimum atomic E-state index is -0.0319. The zero-order valence-corrected chi connectivity index (χ0v) is 13.7. The third-order valence-electron chi connectivity index (χ3n) is 3.86. The number of carbonyl (C=O) groups is 1. The van der Waals surface area contributed by atoms with Crippen molar-refractivity contribution in [3.8, 4) is 0 Å². The summed E-state index contributed by atoms with van der Waals surface area (Å²) in [5, 5.41) is 10.7. The van der Waals surface area contributed by atoms with Gasteiger partial charge in [0.25, 0.3) is 5.91 Å². The van der Waals surface area contributed by atoms with E-state index in [2.05, 4.69) is 22.7 Å². The van der Waals surface area contributed by atoms with Crippen LogP contribution in [-0.2, 0) is 13.6 Å². The molecule has 0 aliphatic carbocycles. The number of aryl methyl sites for hydroxylation is 3. The molecule has 0 unspecified atom stereocenters. The number of nitrogens with one attached hydrogen (secondary N) is 2. The van der Waals surface area contributed by atoms with Gasteiger partial charge in [0.1, 0.15) is 0 Å². The highest BCUT2D eigenvalue weighted by atomic mass is 16.1. The van der Waals surface area contributed by atoms with Crippen molar-refractivity contribution in [3.05, 3.63) is 52.3 Å². The third-order valence-corrected chi connectivity index (χ3v) is 3.86. The fourth-order valence-electron chi connectivity index (χ4n) is 2.36. The molecule has 0 bridgehead atoms. The highest BCUT2D eigenvalue weighted by Crippen LogP contribution is 2.10. The van der Waals surface area contributed by atoms with Crippen molar-refractivity contribution in [2.24, 2.45) is 7.05 Å². The van der Waals surface area contributed by atoms with Crippen LogP contribution < -0.4 is 10.6 Å². The molecule has 0 saturated carbocycles. The maximum Gasteiger partial charge on any atom is 0.251 e. The molecule has 5 nitrogen and oxygen atoms in total. The summed E-state index contributed by atoms with van der Waals surface area (Å²) in [5.74, 6) is -0.0319. The Morgan fingerprint density at radius 3 is 2.41 bits per heavy atom. The number of rotatable bonds is 6. The Balaban J connectivity index is 1.73. The molecule has 0 atom stereocenters. The maximum atomic E-state index is 11.9. The minimum absolute atomic E-state index is 0.0319. The molecule has 2 N–H and O–H groups in total. The maximum absolute atomic E-state index is 11.9. The van der Waals surface area contributed by atoms with Gasteiger partial charge in [-0.1, -0.05) is 17.7 Å². The van der Waals surface area contributed by atoms with Crippen LogP contribution in [0.3, 0.4) is 0 Å². The van der Waals surface area contributed by atoms with Crippen molar-refractivity contribution in [2.45, 2.75) is 27.3 Å². The van der Waals surface area contributed by atoms with Gasteiger partial charge in [-0.2, -0.15) is 5.10 Å². The molecule has 2 rings (SSSR count). The lowest BCUT2D eigenvalue weighted by Gasteiger charge is -2.08. The smallest absolute Gasteiger partial charge is 0.251 e. The first-order valence-electron chi connectivity index (χ1n) is 7.53. The molecular formula is C17H24N4O. The molecule has 0 radical (unpaired) electrons. The lowest BCUT2D eigenvalue weighted by atomic mass is 10.1. The molecule has 118 valence electrons. The second-order valence-corrected chi connectivity index (χ2v) is 5.57. The van der Waals surface area contributed by atoms with Gasteiger partial charge in [-0.25, -0.2) is 0 Å². The zero-order valence-electron chi connectivity index (χ0n) is 13.7. The molecule has 1 amide bonds.